The zero-order valence-corrected chi connectivity index (χ0v) is 16.3. The van der Waals surface area contributed by atoms with Crippen LogP contribution in [0.2, 0.25) is 5.02 Å². The van der Waals surface area contributed by atoms with Crippen molar-refractivity contribution in [2.75, 3.05) is 12.8 Å². The molecule has 3 aromatic rings. The minimum absolute atomic E-state index is 0.0727. The van der Waals surface area contributed by atoms with E-state index < -0.39 is 0 Å². The van der Waals surface area contributed by atoms with Gasteiger partial charge in [0.2, 0.25) is 17.6 Å². The summed E-state index contributed by atoms with van der Waals surface area (Å²) >= 11 is 7.62. The summed E-state index contributed by atoms with van der Waals surface area (Å²) in [6.45, 7) is 1.19. The molecule has 1 fully saturated rings. The third-order valence-electron chi connectivity index (χ3n) is 4.64. The maximum atomic E-state index is 12.4. The molecule has 1 atom stereocenters. The van der Waals surface area contributed by atoms with Crippen molar-refractivity contribution in [3.8, 4) is 11.4 Å². The number of hydrogen-bond acceptors (Lipinski definition) is 5. The molecule has 0 radical (unpaired) electrons. The highest BCUT2D eigenvalue weighted by Crippen LogP contribution is 2.30. The number of hydrogen-bond donors (Lipinski definition) is 0. The molecule has 4 rings (SSSR count). The lowest BCUT2D eigenvalue weighted by Crippen LogP contribution is -2.24. The van der Waals surface area contributed by atoms with E-state index in [4.69, 9.17) is 16.1 Å². The van der Waals surface area contributed by atoms with Crippen LogP contribution in [0.1, 0.15) is 23.8 Å². The summed E-state index contributed by atoms with van der Waals surface area (Å²) in [5.74, 6) is 1.06. The molecule has 1 amide bonds. The Kier molecular flexibility index (Phi) is 5.18. The average molecular weight is 400 g/mol. The number of likely N-dealkylation sites (tertiary alicyclic amines) is 1. The van der Waals surface area contributed by atoms with Crippen LogP contribution in [0, 0.1) is 0 Å². The molecule has 0 N–H and O–H groups in total. The van der Waals surface area contributed by atoms with E-state index in [2.05, 4.69) is 34.4 Å². The predicted octanol–water partition coefficient (Wildman–Crippen LogP) is 4.63. The summed E-state index contributed by atoms with van der Waals surface area (Å²) in [4.78, 5) is 20.0. The van der Waals surface area contributed by atoms with Gasteiger partial charge in [0.25, 0.3) is 0 Å². The Hall–Kier alpha value is -2.31. The van der Waals surface area contributed by atoms with E-state index in [-0.39, 0.29) is 11.8 Å². The Bertz CT molecular complexity index is 941. The van der Waals surface area contributed by atoms with E-state index in [0.717, 1.165) is 11.1 Å². The van der Waals surface area contributed by atoms with Crippen LogP contribution >= 0.6 is 23.4 Å². The van der Waals surface area contributed by atoms with Gasteiger partial charge < -0.3 is 9.42 Å². The summed E-state index contributed by atoms with van der Waals surface area (Å²) in [7, 11) is 0. The number of nitrogens with zero attached hydrogens (tertiary/aromatic N) is 3. The van der Waals surface area contributed by atoms with E-state index >= 15 is 0 Å². The summed E-state index contributed by atoms with van der Waals surface area (Å²) in [5.41, 5.74) is 1.96. The minimum Gasteiger partial charge on any atom is -0.339 e. The van der Waals surface area contributed by atoms with Gasteiger partial charge in [0, 0.05) is 35.0 Å². The second kappa shape index (κ2) is 7.74. The number of rotatable bonds is 5. The predicted molar refractivity (Wildman–Crippen MR) is 106 cm³/mol. The fourth-order valence-electron chi connectivity index (χ4n) is 3.16. The number of thioether (sulfide) groups is 1. The molecule has 0 bridgehead atoms. The van der Waals surface area contributed by atoms with E-state index in [9.17, 15) is 4.79 Å². The third-order valence-corrected chi connectivity index (χ3v) is 5.64. The van der Waals surface area contributed by atoms with Gasteiger partial charge in [-0.15, -0.1) is 11.8 Å². The highest BCUT2D eigenvalue weighted by atomic mass is 35.5. The first-order valence-electron chi connectivity index (χ1n) is 8.62. The van der Waals surface area contributed by atoms with Crippen molar-refractivity contribution < 1.29 is 9.32 Å². The molecule has 0 spiro atoms. The summed E-state index contributed by atoms with van der Waals surface area (Å²) in [5, 5.41) is 4.71. The molecule has 1 saturated heterocycles. The van der Waals surface area contributed by atoms with Gasteiger partial charge in [-0.05, 0) is 48.2 Å². The second-order valence-corrected chi connectivity index (χ2v) is 7.80. The Labute approximate surface area is 166 Å². The number of carbonyl (C=O) groups excluding carboxylic acids is 1. The van der Waals surface area contributed by atoms with Gasteiger partial charge in [0.05, 0.1) is 5.92 Å². The van der Waals surface area contributed by atoms with Gasteiger partial charge >= 0.3 is 0 Å². The van der Waals surface area contributed by atoms with Crippen LogP contribution in [0.5, 0.6) is 0 Å². The Balaban J connectivity index is 1.45. The lowest BCUT2D eigenvalue weighted by molar-refractivity contribution is -0.128. The van der Waals surface area contributed by atoms with Gasteiger partial charge in [0.15, 0.2) is 0 Å². The standard InChI is InChI=1S/C20H18ClN3O2S/c1-27-17-8-2-13(3-9-17)11-24-12-15(10-18(24)25)20-22-19(23-26-20)14-4-6-16(21)7-5-14/h2-9,15H,10-12H2,1H3. The molecule has 7 heteroatoms. The fourth-order valence-corrected chi connectivity index (χ4v) is 3.69. The monoisotopic (exact) mass is 399 g/mol. The van der Waals surface area contributed by atoms with Crippen LogP contribution in [0.3, 0.4) is 0 Å². The van der Waals surface area contributed by atoms with Crippen LogP contribution in [0.15, 0.2) is 57.9 Å². The van der Waals surface area contributed by atoms with E-state index in [0.29, 0.717) is 36.2 Å². The molecule has 1 aliphatic heterocycles. The number of halogens is 1. The van der Waals surface area contributed by atoms with Crippen molar-refractivity contribution in [3.05, 3.63) is 65.0 Å². The van der Waals surface area contributed by atoms with Crippen LogP contribution in [-0.4, -0.2) is 33.7 Å². The Morgan fingerprint density at radius 2 is 1.93 bits per heavy atom. The number of benzene rings is 2. The molecule has 0 aliphatic carbocycles. The van der Waals surface area contributed by atoms with Crippen molar-refractivity contribution in [2.24, 2.45) is 0 Å². The quantitative estimate of drug-likeness (QED) is 0.585. The largest absolute Gasteiger partial charge is 0.339 e. The molecule has 27 heavy (non-hydrogen) atoms. The van der Waals surface area contributed by atoms with Crippen LogP contribution in [-0.2, 0) is 11.3 Å². The third kappa shape index (κ3) is 4.01. The number of aromatic nitrogens is 2. The molecule has 2 aromatic carbocycles. The van der Waals surface area contributed by atoms with Gasteiger partial charge in [-0.3, -0.25) is 4.79 Å². The molecule has 1 aromatic heterocycles. The van der Waals surface area contributed by atoms with Crippen LogP contribution in [0.25, 0.3) is 11.4 Å². The van der Waals surface area contributed by atoms with Crippen molar-refractivity contribution in [2.45, 2.75) is 23.8 Å². The average Bonchev–Trinajstić information content (AvgIpc) is 3.30. The molecule has 1 aliphatic rings. The van der Waals surface area contributed by atoms with Gasteiger partial charge in [-0.2, -0.15) is 4.98 Å². The summed E-state index contributed by atoms with van der Waals surface area (Å²) in [6.07, 6.45) is 2.44. The normalized spacial score (nSPS) is 16.9. The lowest BCUT2D eigenvalue weighted by atomic mass is 10.1. The fraction of sp³-hybridized carbons (Fsp3) is 0.250. The zero-order chi connectivity index (χ0) is 18.8. The van der Waals surface area contributed by atoms with Crippen molar-refractivity contribution in [1.82, 2.24) is 15.0 Å². The number of amides is 1. The topological polar surface area (TPSA) is 59.2 Å². The van der Waals surface area contributed by atoms with Crippen LogP contribution < -0.4 is 0 Å². The smallest absolute Gasteiger partial charge is 0.232 e. The van der Waals surface area contributed by atoms with E-state index in [1.165, 1.54) is 4.90 Å². The maximum absolute atomic E-state index is 12.4. The van der Waals surface area contributed by atoms with E-state index in [1.54, 1.807) is 23.9 Å². The second-order valence-electron chi connectivity index (χ2n) is 6.49. The SMILES string of the molecule is CSc1ccc(CN2CC(c3nc(-c4ccc(Cl)cc4)no3)CC2=O)cc1. The van der Waals surface area contributed by atoms with Crippen molar-refractivity contribution in [3.63, 3.8) is 0 Å². The minimum atomic E-state index is -0.0727. The molecule has 2 heterocycles. The summed E-state index contributed by atoms with van der Waals surface area (Å²) in [6, 6.07) is 15.6. The van der Waals surface area contributed by atoms with Crippen molar-refractivity contribution in [1.29, 1.82) is 0 Å². The van der Waals surface area contributed by atoms with Crippen LogP contribution in [0.4, 0.5) is 0 Å². The van der Waals surface area contributed by atoms with Gasteiger partial charge in [0.1, 0.15) is 0 Å². The molecule has 5 nitrogen and oxygen atoms in total. The molecule has 138 valence electrons. The van der Waals surface area contributed by atoms with E-state index in [1.807, 2.05) is 23.3 Å². The summed E-state index contributed by atoms with van der Waals surface area (Å²) < 4.78 is 5.43. The molecule has 1 unspecified atom stereocenters. The highest BCUT2D eigenvalue weighted by Gasteiger charge is 2.34. The lowest BCUT2D eigenvalue weighted by Gasteiger charge is -2.16. The maximum Gasteiger partial charge on any atom is 0.232 e. The Morgan fingerprint density at radius 1 is 1.19 bits per heavy atom. The number of carbonyl (C=O) groups is 1. The molecular weight excluding hydrogens is 382 g/mol. The van der Waals surface area contributed by atoms with Gasteiger partial charge in [-0.25, -0.2) is 0 Å². The van der Waals surface area contributed by atoms with Gasteiger partial charge in [-0.1, -0.05) is 28.9 Å². The van der Waals surface area contributed by atoms with Crippen molar-refractivity contribution >= 4 is 29.3 Å². The zero-order valence-electron chi connectivity index (χ0n) is 14.8. The first kappa shape index (κ1) is 18.1. The first-order valence-corrected chi connectivity index (χ1v) is 10.2. The first-order chi connectivity index (χ1) is 13.1. The highest BCUT2D eigenvalue weighted by molar-refractivity contribution is 7.98. The molecular formula is C20H18ClN3O2S. The Morgan fingerprint density at radius 3 is 2.63 bits per heavy atom. The molecule has 0 saturated carbocycles.